The number of aryl methyl sites for hydroxylation is 1. The number of hydrogen-bond acceptors (Lipinski definition) is 6. The number of benzene rings is 1. The highest BCUT2D eigenvalue weighted by Crippen LogP contribution is 2.25. The quantitative estimate of drug-likeness (QED) is 0.781. The molecule has 0 unspecified atom stereocenters. The molecule has 0 atom stereocenters. The Labute approximate surface area is 98.8 Å². The van der Waals surface area contributed by atoms with Gasteiger partial charge in [0.15, 0.2) is 5.82 Å². The van der Waals surface area contributed by atoms with Crippen molar-refractivity contribution in [3.8, 4) is 5.75 Å². The molecule has 2 aromatic rings. The average Bonchev–Trinajstić information content (AvgIpc) is 2.74. The largest absolute Gasteiger partial charge is 0.495 e. The molecule has 0 aliphatic rings. The van der Waals surface area contributed by atoms with Gasteiger partial charge in [0, 0.05) is 11.8 Å². The van der Waals surface area contributed by atoms with Crippen molar-refractivity contribution in [1.82, 2.24) is 10.1 Å². The molecule has 0 saturated heterocycles. The molecule has 0 aliphatic carbocycles. The molecule has 0 radical (unpaired) electrons. The molecule has 0 fully saturated rings. The Hall–Kier alpha value is -2.24. The normalized spacial score (nSPS) is 10.2. The van der Waals surface area contributed by atoms with Crippen LogP contribution in [0, 0.1) is 6.92 Å². The smallest absolute Gasteiger partial charge is 0.245 e. The second-order valence-electron chi connectivity index (χ2n) is 3.55. The maximum atomic E-state index is 5.72. The number of nitrogens with zero attached hydrogens (tertiary/aromatic N) is 2. The van der Waals surface area contributed by atoms with Crippen molar-refractivity contribution in [2.75, 3.05) is 18.2 Å². The highest BCUT2D eigenvalue weighted by Gasteiger charge is 2.04. The van der Waals surface area contributed by atoms with Crippen LogP contribution in [-0.4, -0.2) is 17.3 Å². The van der Waals surface area contributed by atoms with Crippen LogP contribution in [0.25, 0.3) is 0 Å². The number of methoxy groups -OCH3 is 1. The Morgan fingerprint density at radius 3 is 2.94 bits per heavy atom. The van der Waals surface area contributed by atoms with E-state index in [4.69, 9.17) is 15.0 Å². The summed E-state index contributed by atoms with van der Waals surface area (Å²) in [5.41, 5.74) is 7.20. The van der Waals surface area contributed by atoms with Gasteiger partial charge in [-0.05, 0) is 19.1 Å². The third-order valence-electron chi connectivity index (χ3n) is 2.25. The first-order valence-corrected chi connectivity index (χ1v) is 5.15. The van der Waals surface area contributed by atoms with Crippen LogP contribution in [0.2, 0.25) is 0 Å². The molecule has 1 aromatic heterocycles. The van der Waals surface area contributed by atoms with E-state index in [2.05, 4.69) is 15.5 Å². The summed E-state index contributed by atoms with van der Waals surface area (Å²) in [6.07, 6.45) is 0. The van der Waals surface area contributed by atoms with Crippen molar-refractivity contribution in [1.29, 1.82) is 0 Å². The van der Waals surface area contributed by atoms with E-state index >= 15 is 0 Å². The summed E-state index contributed by atoms with van der Waals surface area (Å²) in [5, 5.41) is 6.85. The van der Waals surface area contributed by atoms with Gasteiger partial charge in [0.2, 0.25) is 5.89 Å². The number of nitrogen functional groups attached to an aromatic ring is 1. The minimum atomic E-state index is 0.466. The minimum absolute atomic E-state index is 0.466. The highest BCUT2D eigenvalue weighted by atomic mass is 16.5. The number of anilines is 2. The Kier molecular flexibility index (Phi) is 3.13. The Morgan fingerprint density at radius 2 is 2.29 bits per heavy atom. The van der Waals surface area contributed by atoms with Gasteiger partial charge in [-0.25, -0.2) is 0 Å². The van der Waals surface area contributed by atoms with Crippen LogP contribution in [0.1, 0.15) is 11.7 Å². The van der Waals surface area contributed by atoms with E-state index in [0.717, 1.165) is 5.69 Å². The van der Waals surface area contributed by atoms with Gasteiger partial charge in [0.1, 0.15) is 5.75 Å². The van der Waals surface area contributed by atoms with E-state index in [1.54, 1.807) is 20.1 Å². The highest BCUT2D eigenvalue weighted by molar-refractivity contribution is 5.61. The lowest BCUT2D eigenvalue weighted by molar-refractivity contribution is 0.379. The summed E-state index contributed by atoms with van der Waals surface area (Å²) < 4.78 is 10.1. The standard InChI is InChI=1S/C11H14N4O2/c1-7-14-11(17-15-7)6-13-8-3-4-9(12)10(5-8)16-2/h3-5,13H,6,12H2,1-2H3. The van der Waals surface area contributed by atoms with Crippen LogP contribution in [0.15, 0.2) is 22.7 Å². The zero-order valence-corrected chi connectivity index (χ0v) is 9.73. The van der Waals surface area contributed by atoms with Crippen LogP contribution in [0.5, 0.6) is 5.75 Å². The molecule has 6 heteroatoms. The molecular formula is C11H14N4O2. The Balaban J connectivity index is 2.04. The second-order valence-corrected chi connectivity index (χ2v) is 3.55. The molecule has 0 saturated carbocycles. The SMILES string of the molecule is COc1cc(NCc2nc(C)no2)ccc1N. The molecule has 90 valence electrons. The van der Waals surface area contributed by atoms with Gasteiger partial charge in [0.05, 0.1) is 19.3 Å². The number of nitrogens with one attached hydrogen (secondary N) is 1. The van der Waals surface area contributed by atoms with Crippen LogP contribution >= 0.6 is 0 Å². The van der Waals surface area contributed by atoms with Crippen molar-refractivity contribution < 1.29 is 9.26 Å². The zero-order valence-electron chi connectivity index (χ0n) is 9.73. The second kappa shape index (κ2) is 4.73. The van der Waals surface area contributed by atoms with Crippen molar-refractivity contribution in [3.63, 3.8) is 0 Å². The van der Waals surface area contributed by atoms with Gasteiger partial charge >= 0.3 is 0 Å². The van der Waals surface area contributed by atoms with Crippen LogP contribution in [0.4, 0.5) is 11.4 Å². The number of ether oxygens (including phenoxy) is 1. The number of aromatic nitrogens is 2. The summed E-state index contributed by atoms with van der Waals surface area (Å²) >= 11 is 0. The van der Waals surface area contributed by atoms with Gasteiger partial charge in [-0.3, -0.25) is 0 Å². The predicted molar refractivity (Wildman–Crippen MR) is 63.8 cm³/mol. The lowest BCUT2D eigenvalue weighted by Crippen LogP contribution is -2.01. The maximum Gasteiger partial charge on any atom is 0.245 e. The predicted octanol–water partition coefficient (Wildman–Crippen LogP) is 1.58. The summed E-state index contributed by atoms with van der Waals surface area (Å²) in [5.74, 6) is 1.80. The Morgan fingerprint density at radius 1 is 1.47 bits per heavy atom. The molecule has 2 rings (SSSR count). The van der Waals surface area contributed by atoms with Crippen molar-refractivity contribution in [2.24, 2.45) is 0 Å². The van der Waals surface area contributed by atoms with Gasteiger partial charge in [-0.1, -0.05) is 5.16 Å². The molecule has 0 spiro atoms. The van der Waals surface area contributed by atoms with E-state index < -0.39 is 0 Å². The average molecular weight is 234 g/mol. The molecular weight excluding hydrogens is 220 g/mol. The Bertz CT molecular complexity index is 510. The maximum absolute atomic E-state index is 5.72. The third-order valence-corrected chi connectivity index (χ3v) is 2.25. The fraction of sp³-hybridized carbons (Fsp3) is 0.273. The van der Waals surface area contributed by atoms with Crippen molar-refractivity contribution in [3.05, 3.63) is 29.9 Å². The molecule has 0 aliphatic heterocycles. The van der Waals surface area contributed by atoms with Crippen molar-refractivity contribution >= 4 is 11.4 Å². The van der Waals surface area contributed by atoms with E-state index in [9.17, 15) is 0 Å². The van der Waals surface area contributed by atoms with E-state index in [0.29, 0.717) is 29.7 Å². The first kappa shape index (κ1) is 11.3. The molecule has 17 heavy (non-hydrogen) atoms. The van der Waals surface area contributed by atoms with E-state index in [1.165, 1.54) is 0 Å². The molecule has 6 nitrogen and oxygen atoms in total. The molecule has 1 aromatic carbocycles. The topological polar surface area (TPSA) is 86.2 Å². The van der Waals surface area contributed by atoms with Crippen LogP contribution in [-0.2, 0) is 6.54 Å². The number of hydrogen-bond donors (Lipinski definition) is 2. The fourth-order valence-corrected chi connectivity index (χ4v) is 1.41. The lowest BCUT2D eigenvalue weighted by Gasteiger charge is -2.08. The molecule has 0 bridgehead atoms. The first-order chi connectivity index (χ1) is 8.19. The fourth-order valence-electron chi connectivity index (χ4n) is 1.41. The van der Waals surface area contributed by atoms with Gasteiger partial charge in [-0.15, -0.1) is 0 Å². The first-order valence-electron chi connectivity index (χ1n) is 5.15. The van der Waals surface area contributed by atoms with Gasteiger partial charge in [0.25, 0.3) is 0 Å². The molecule has 1 heterocycles. The van der Waals surface area contributed by atoms with Crippen LogP contribution in [0.3, 0.4) is 0 Å². The van der Waals surface area contributed by atoms with Gasteiger partial charge < -0.3 is 20.3 Å². The van der Waals surface area contributed by atoms with Crippen molar-refractivity contribution in [2.45, 2.75) is 13.5 Å². The molecule has 3 N–H and O–H groups in total. The van der Waals surface area contributed by atoms with Crippen LogP contribution < -0.4 is 15.8 Å². The lowest BCUT2D eigenvalue weighted by atomic mass is 10.2. The monoisotopic (exact) mass is 234 g/mol. The van der Waals surface area contributed by atoms with E-state index in [-0.39, 0.29) is 0 Å². The molecule has 0 amide bonds. The van der Waals surface area contributed by atoms with E-state index in [1.807, 2.05) is 12.1 Å². The zero-order chi connectivity index (χ0) is 12.3. The van der Waals surface area contributed by atoms with Gasteiger partial charge in [-0.2, -0.15) is 4.98 Å². The summed E-state index contributed by atoms with van der Waals surface area (Å²) in [6.45, 7) is 2.24. The summed E-state index contributed by atoms with van der Waals surface area (Å²) in [4.78, 5) is 4.09. The summed E-state index contributed by atoms with van der Waals surface area (Å²) in [7, 11) is 1.58. The summed E-state index contributed by atoms with van der Waals surface area (Å²) in [6, 6.07) is 5.46. The number of nitrogens with two attached hydrogens (primary N) is 1. The number of rotatable bonds is 4. The third kappa shape index (κ3) is 2.66. The minimum Gasteiger partial charge on any atom is -0.495 e.